The lowest BCUT2D eigenvalue weighted by Gasteiger charge is -2.33. The van der Waals surface area contributed by atoms with Gasteiger partial charge >= 0.3 is 0 Å². The second-order valence-electron chi connectivity index (χ2n) is 6.15. The minimum absolute atomic E-state index is 0. The van der Waals surface area contributed by atoms with Gasteiger partial charge in [0, 0.05) is 31.7 Å². The first-order chi connectivity index (χ1) is 11.5. The second kappa shape index (κ2) is 9.85. The molecule has 0 spiro atoms. The van der Waals surface area contributed by atoms with E-state index in [-0.39, 0.29) is 49.1 Å². The molecule has 1 aromatic heterocycles. The van der Waals surface area contributed by atoms with Crippen LogP contribution in [0.15, 0.2) is 30.6 Å². The van der Waals surface area contributed by atoms with Crippen LogP contribution in [0.5, 0.6) is 0 Å². The molecule has 0 aliphatic carbocycles. The third kappa shape index (κ3) is 5.40. The van der Waals surface area contributed by atoms with Crippen LogP contribution in [0, 0.1) is 11.6 Å². The molecule has 144 valence electrons. The molecule has 0 radical (unpaired) electrons. The Morgan fingerprint density at radius 2 is 2.12 bits per heavy atom. The fourth-order valence-corrected chi connectivity index (χ4v) is 3.16. The van der Waals surface area contributed by atoms with Crippen LogP contribution in [0.4, 0.5) is 8.78 Å². The summed E-state index contributed by atoms with van der Waals surface area (Å²) in [6, 6.07) is 3.80. The van der Waals surface area contributed by atoms with Gasteiger partial charge in [-0.1, -0.05) is 6.07 Å². The predicted molar refractivity (Wildman–Crippen MR) is 99.9 cm³/mol. The summed E-state index contributed by atoms with van der Waals surface area (Å²) in [5.74, 6) is -1.86. The molecule has 2 aromatic rings. The summed E-state index contributed by atoms with van der Waals surface area (Å²) in [5.41, 5.74) is 1.55. The standard InChI is InChI=1S/C17H20F2N4O.2ClH/c1-23-10-11(8-21-23)6-17(24)22-16-9-20-5-4-13(16)12-2-3-14(18)15(19)7-12;;/h2-3,7-8,10,13,16,20H,4-6,9H2,1H3,(H,22,24);2*1H. The third-order valence-corrected chi connectivity index (χ3v) is 4.32. The number of halogens is 4. The van der Waals surface area contributed by atoms with Crippen molar-refractivity contribution in [1.29, 1.82) is 0 Å². The third-order valence-electron chi connectivity index (χ3n) is 4.32. The van der Waals surface area contributed by atoms with Crippen molar-refractivity contribution in [3.63, 3.8) is 0 Å². The number of aromatic nitrogens is 2. The van der Waals surface area contributed by atoms with Crippen LogP contribution in [0.2, 0.25) is 0 Å². The lowest BCUT2D eigenvalue weighted by Crippen LogP contribution is -2.50. The van der Waals surface area contributed by atoms with E-state index in [1.165, 1.54) is 6.07 Å². The van der Waals surface area contributed by atoms with Gasteiger partial charge < -0.3 is 10.6 Å². The molecule has 1 amide bonds. The number of nitrogens with one attached hydrogen (secondary N) is 2. The summed E-state index contributed by atoms with van der Waals surface area (Å²) in [5, 5.41) is 10.3. The van der Waals surface area contributed by atoms with E-state index in [9.17, 15) is 13.6 Å². The zero-order chi connectivity index (χ0) is 17.1. The van der Waals surface area contributed by atoms with E-state index in [0.29, 0.717) is 12.1 Å². The number of hydrogen-bond donors (Lipinski definition) is 2. The molecule has 1 aliphatic rings. The van der Waals surface area contributed by atoms with Gasteiger partial charge in [0.15, 0.2) is 11.6 Å². The Labute approximate surface area is 163 Å². The summed E-state index contributed by atoms with van der Waals surface area (Å²) in [6.07, 6.45) is 4.45. The molecular weight excluding hydrogens is 385 g/mol. The average Bonchev–Trinajstić information content (AvgIpc) is 2.95. The van der Waals surface area contributed by atoms with Gasteiger partial charge in [0.2, 0.25) is 5.91 Å². The highest BCUT2D eigenvalue weighted by molar-refractivity contribution is 5.85. The van der Waals surface area contributed by atoms with Crippen molar-refractivity contribution in [2.24, 2.45) is 7.05 Å². The lowest BCUT2D eigenvalue weighted by atomic mass is 9.86. The van der Waals surface area contributed by atoms with E-state index in [4.69, 9.17) is 0 Å². The van der Waals surface area contributed by atoms with Crippen molar-refractivity contribution in [2.45, 2.75) is 24.8 Å². The molecule has 2 atom stereocenters. The first-order valence-corrected chi connectivity index (χ1v) is 7.95. The van der Waals surface area contributed by atoms with E-state index < -0.39 is 11.6 Å². The van der Waals surface area contributed by atoms with Crippen LogP contribution in [0.3, 0.4) is 0 Å². The number of rotatable bonds is 4. The van der Waals surface area contributed by atoms with Gasteiger partial charge in [0.25, 0.3) is 0 Å². The smallest absolute Gasteiger partial charge is 0.224 e. The molecule has 2 N–H and O–H groups in total. The molecule has 3 rings (SSSR count). The summed E-state index contributed by atoms with van der Waals surface area (Å²) in [6.45, 7) is 1.38. The molecule has 1 saturated heterocycles. The largest absolute Gasteiger partial charge is 0.351 e. The van der Waals surface area contributed by atoms with Gasteiger partial charge in [-0.05, 0) is 36.2 Å². The Hall–Kier alpha value is -1.70. The highest BCUT2D eigenvalue weighted by Gasteiger charge is 2.28. The van der Waals surface area contributed by atoms with Crippen LogP contribution in [-0.4, -0.2) is 34.8 Å². The summed E-state index contributed by atoms with van der Waals surface area (Å²) in [4.78, 5) is 12.3. The van der Waals surface area contributed by atoms with Crippen LogP contribution in [0.25, 0.3) is 0 Å². The van der Waals surface area contributed by atoms with Crippen molar-refractivity contribution in [1.82, 2.24) is 20.4 Å². The Morgan fingerprint density at radius 3 is 2.77 bits per heavy atom. The number of aryl methyl sites for hydroxylation is 1. The lowest BCUT2D eigenvalue weighted by molar-refractivity contribution is -0.121. The van der Waals surface area contributed by atoms with E-state index in [0.717, 1.165) is 24.6 Å². The Morgan fingerprint density at radius 1 is 1.35 bits per heavy atom. The second-order valence-corrected chi connectivity index (χ2v) is 6.15. The van der Waals surface area contributed by atoms with Gasteiger partial charge in [-0.2, -0.15) is 5.10 Å². The molecule has 2 unspecified atom stereocenters. The fourth-order valence-electron chi connectivity index (χ4n) is 3.16. The molecule has 1 aromatic carbocycles. The first kappa shape index (κ1) is 22.3. The van der Waals surface area contributed by atoms with Crippen molar-refractivity contribution >= 4 is 30.7 Å². The molecule has 1 fully saturated rings. The maximum atomic E-state index is 13.5. The molecule has 5 nitrogen and oxygen atoms in total. The van der Waals surface area contributed by atoms with Gasteiger partial charge in [-0.3, -0.25) is 9.48 Å². The molecule has 2 heterocycles. The minimum Gasteiger partial charge on any atom is -0.351 e. The van der Waals surface area contributed by atoms with Crippen molar-refractivity contribution in [3.8, 4) is 0 Å². The zero-order valence-corrected chi connectivity index (χ0v) is 15.9. The Balaban J connectivity index is 0.00000169. The van der Waals surface area contributed by atoms with E-state index in [1.54, 1.807) is 30.2 Å². The number of nitrogens with zero attached hydrogens (tertiary/aromatic N) is 2. The predicted octanol–water partition coefficient (Wildman–Crippen LogP) is 2.35. The maximum absolute atomic E-state index is 13.5. The number of carbonyl (C=O) groups is 1. The molecule has 26 heavy (non-hydrogen) atoms. The maximum Gasteiger partial charge on any atom is 0.224 e. The fraction of sp³-hybridized carbons (Fsp3) is 0.412. The number of piperidine rings is 1. The van der Waals surface area contributed by atoms with E-state index in [1.807, 2.05) is 0 Å². The number of amides is 1. The normalized spacial score (nSPS) is 19.2. The summed E-state index contributed by atoms with van der Waals surface area (Å²) >= 11 is 0. The van der Waals surface area contributed by atoms with Crippen molar-refractivity contribution in [2.75, 3.05) is 13.1 Å². The van der Waals surface area contributed by atoms with E-state index >= 15 is 0 Å². The van der Waals surface area contributed by atoms with Crippen LogP contribution in [0.1, 0.15) is 23.5 Å². The van der Waals surface area contributed by atoms with Crippen molar-refractivity contribution in [3.05, 3.63) is 53.4 Å². The highest BCUT2D eigenvalue weighted by Crippen LogP contribution is 2.27. The summed E-state index contributed by atoms with van der Waals surface area (Å²) in [7, 11) is 1.80. The molecule has 9 heteroatoms. The van der Waals surface area contributed by atoms with Gasteiger partial charge in [-0.15, -0.1) is 24.8 Å². The molecule has 0 bridgehead atoms. The van der Waals surface area contributed by atoms with Crippen LogP contribution < -0.4 is 10.6 Å². The molecule has 1 aliphatic heterocycles. The average molecular weight is 407 g/mol. The number of benzene rings is 1. The van der Waals surface area contributed by atoms with Crippen molar-refractivity contribution < 1.29 is 13.6 Å². The molecule has 0 saturated carbocycles. The van der Waals surface area contributed by atoms with Gasteiger partial charge in [-0.25, -0.2) is 8.78 Å². The summed E-state index contributed by atoms with van der Waals surface area (Å²) < 4.78 is 28.3. The van der Waals surface area contributed by atoms with Crippen LogP contribution in [-0.2, 0) is 18.3 Å². The molecular formula is C17H22Cl2F2N4O. The Kier molecular flexibility index (Phi) is 8.46. The SMILES string of the molecule is Cl.Cl.Cn1cc(CC(=O)NC2CNCCC2c2ccc(F)c(F)c2)cn1. The zero-order valence-electron chi connectivity index (χ0n) is 14.2. The van der Waals surface area contributed by atoms with Crippen LogP contribution >= 0.6 is 24.8 Å². The quantitative estimate of drug-likeness (QED) is 0.818. The van der Waals surface area contributed by atoms with Gasteiger partial charge in [0.05, 0.1) is 12.6 Å². The van der Waals surface area contributed by atoms with Gasteiger partial charge in [0.1, 0.15) is 0 Å². The monoisotopic (exact) mass is 406 g/mol. The minimum atomic E-state index is -0.857. The number of carbonyl (C=O) groups excluding carboxylic acids is 1. The first-order valence-electron chi connectivity index (χ1n) is 7.95. The number of hydrogen-bond acceptors (Lipinski definition) is 3. The highest BCUT2D eigenvalue weighted by atomic mass is 35.5. The Bertz CT molecular complexity index is 741. The topological polar surface area (TPSA) is 59.0 Å². The van der Waals surface area contributed by atoms with E-state index in [2.05, 4.69) is 15.7 Å².